The van der Waals surface area contributed by atoms with Gasteiger partial charge in [0, 0.05) is 31.1 Å². The molecule has 3 aliphatic rings. The first-order valence-electron chi connectivity index (χ1n) is 13.2. The van der Waals surface area contributed by atoms with Gasteiger partial charge in [0.15, 0.2) is 0 Å². The number of carbonyl (C=O) groups excluding carboxylic acids is 2. The van der Waals surface area contributed by atoms with Crippen molar-refractivity contribution in [2.24, 2.45) is 5.92 Å². The zero-order chi connectivity index (χ0) is 24.2. The van der Waals surface area contributed by atoms with E-state index in [2.05, 4.69) is 27.7 Å². The standard InChI is InChI=1S/C29H36FN3O2/c30-23-10-8-21(9-11-23)16-28(34)31-24-18-25-12-13-26(19-24)33(25)15-14-27(22-4-2-1-3-5-22)32-29(35)17-20-6-7-20/h1-5,8-11,20,24-27H,6-7,12-19H2,(H,31,34)(H,32,35)/t24?,25?,26?,27-/m0/s1. The van der Waals surface area contributed by atoms with Gasteiger partial charge in [0.2, 0.25) is 11.8 Å². The van der Waals surface area contributed by atoms with Crippen molar-refractivity contribution >= 4 is 11.8 Å². The highest BCUT2D eigenvalue weighted by Gasteiger charge is 2.41. The largest absolute Gasteiger partial charge is 0.353 e. The Bertz CT molecular complexity index is 994. The maximum Gasteiger partial charge on any atom is 0.224 e. The van der Waals surface area contributed by atoms with E-state index in [1.165, 1.54) is 43.4 Å². The van der Waals surface area contributed by atoms with Crippen LogP contribution in [0.4, 0.5) is 4.39 Å². The maximum atomic E-state index is 13.1. The third kappa shape index (κ3) is 6.49. The maximum absolute atomic E-state index is 13.1. The number of hydrogen-bond acceptors (Lipinski definition) is 3. The third-order valence-corrected chi connectivity index (χ3v) is 7.91. The fraction of sp³-hybridized carbons (Fsp3) is 0.517. The molecule has 2 saturated heterocycles. The Hall–Kier alpha value is -2.73. The molecule has 0 aromatic heterocycles. The van der Waals surface area contributed by atoms with E-state index in [0.717, 1.165) is 31.4 Å². The summed E-state index contributed by atoms with van der Waals surface area (Å²) in [5, 5.41) is 6.54. The van der Waals surface area contributed by atoms with Crippen molar-refractivity contribution in [3.8, 4) is 0 Å². The molecule has 2 aromatic carbocycles. The molecule has 186 valence electrons. The predicted molar refractivity (Wildman–Crippen MR) is 134 cm³/mol. The molecular formula is C29H36FN3O2. The van der Waals surface area contributed by atoms with E-state index in [9.17, 15) is 14.0 Å². The van der Waals surface area contributed by atoms with Crippen LogP contribution in [-0.2, 0) is 16.0 Å². The second-order valence-electron chi connectivity index (χ2n) is 10.6. The second-order valence-corrected chi connectivity index (χ2v) is 10.6. The zero-order valence-corrected chi connectivity index (χ0v) is 20.3. The SMILES string of the molecule is O=C(Cc1ccc(F)cc1)NC1CC2CCC(C1)N2CC[C@H](NC(=O)CC1CC1)c1ccccc1. The van der Waals surface area contributed by atoms with Crippen molar-refractivity contribution in [1.82, 2.24) is 15.5 Å². The van der Waals surface area contributed by atoms with E-state index < -0.39 is 0 Å². The minimum absolute atomic E-state index is 0.0111. The van der Waals surface area contributed by atoms with Crippen LogP contribution in [-0.4, -0.2) is 41.4 Å². The molecule has 0 radical (unpaired) electrons. The normalized spacial score (nSPS) is 24.7. The van der Waals surface area contributed by atoms with E-state index in [-0.39, 0.29) is 36.1 Å². The van der Waals surface area contributed by atoms with Gasteiger partial charge in [-0.15, -0.1) is 0 Å². The number of hydrogen-bond donors (Lipinski definition) is 2. The molecule has 1 saturated carbocycles. The fourth-order valence-electron chi connectivity index (χ4n) is 5.95. The summed E-state index contributed by atoms with van der Waals surface area (Å²) in [7, 11) is 0. The van der Waals surface area contributed by atoms with Crippen molar-refractivity contribution in [3.63, 3.8) is 0 Å². The summed E-state index contributed by atoms with van der Waals surface area (Å²) in [5.74, 6) is 0.485. The predicted octanol–water partition coefficient (Wildman–Crippen LogP) is 4.53. The van der Waals surface area contributed by atoms with Crippen molar-refractivity contribution in [3.05, 3.63) is 71.5 Å². The number of amides is 2. The van der Waals surface area contributed by atoms with Crippen LogP contribution in [0.25, 0.3) is 0 Å². The van der Waals surface area contributed by atoms with E-state index in [0.29, 0.717) is 24.4 Å². The zero-order valence-electron chi connectivity index (χ0n) is 20.3. The number of halogens is 1. The first kappa shape index (κ1) is 24.0. The molecule has 3 atom stereocenters. The lowest BCUT2D eigenvalue weighted by molar-refractivity contribution is -0.122. The lowest BCUT2D eigenvalue weighted by Gasteiger charge is -2.40. The van der Waals surface area contributed by atoms with E-state index in [1.54, 1.807) is 12.1 Å². The van der Waals surface area contributed by atoms with Crippen LogP contribution < -0.4 is 10.6 Å². The lowest BCUT2D eigenvalue weighted by atomic mass is 9.95. The smallest absolute Gasteiger partial charge is 0.224 e. The molecular weight excluding hydrogens is 441 g/mol. The molecule has 1 aliphatic carbocycles. The number of benzene rings is 2. The molecule has 35 heavy (non-hydrogen) atoms. The Kier molecular flexibility index (Phi) is 7.47. The van der Waals surface area contributed by atoms with Gasteiger partial charge >= 0.3 is 0 Å². The van der Waals surface area contributed by atoms with E-state index in [1.807, 2.05) is 18.2 Å². The number of rotatable bonds is 10. The molecule has 5 nitrogen and oxygen atoms in total. The van der Waals surface area contributed by atoms with Crippen molar-refractivity contribution in [1.29, 1.82) is 0 Å². The summed E-state index contributed by atoms with van der Waals surface area (Å²) >= 11 is 0. The topological polar surface area (TPSA) is 61.4 Å². The summed E-state index contributed by atoms with van der Waals surface area (Å²) in [6.07, 6.45) is 8.47. The van der Waals surface area contributed by atoms with Crippen LogP contribution >= 0.6 is 0 Å². The molecule has 2 unspecified atom stereocenters. The quantitative estimate of drug-likeness (QED) is 0.529. The molecule has 6 heteroatoms. The van der Waals surface area contributed by atoms with Crippen LogP contribution in [0.2, 0.25) is 0 Å². The fourth-order valence-corrected chi connectivity index (χ4v) is 5.95. The summed E-state index contributed by atoms with van der Waals surface area (Å²) in [6, 6.07) is 17.7. The van der Waals surface area contributed by atoms with Gasteiger partial charge in [0.1, 0.15) is 5.82 Å². The summed E-state index contributed by atoms with van der Waals surface area (Å²) in [5.41, 5.74) is 2.01. The van der Waals surface area contributed by atoms with Gasteiger partial charge in [-0.3, -0.25) is 14.5 Å². The first-order chi connectivity index (χ1) is 17.0. The summed E-state index contributed by atoms with van der Waals surface area (Å²) in [4.78, 5) is 27.8. The summed E-state index contributed by atoms with van der Waals surface area (Å²) < 4.78 is 13.1. The molecule has 2 aliphatic heterocycles. The van der Waals surface area contributed by atoms with Gasteiger partial charge in [-0.2, -0.15) is 0 Å². The number of nitrogens with zero attached hydrogens (tertiary/aromatic N) is 1. The molecule has 3 fully saturated rings. The number of piperidine rings is 1. The van der Waals surface area contributed by atoms with Gasteiger partial charge in [0.25, 0.3) is 0 Å². The van der Waals surface area contributed by atoms with Crippen LogP contribution in [0.3, 0.4) is 0 Å². The molecule has 2 aromatic rings. The number of carbonyl (C=O) groups is 2. The Morgan fingerprint density at radius 2 is 1.60 bits per heavy atom. The Labute approximate surface area is 207 Å². The van der Waals surface area contributed by atoms with Crippen LogP contribution in [0.1, 0.15) is 68.5 Å². The average molecular weight is 478 g/mol. The van der Waals surface area contributed by atoms with Gasteiger partial charge in [-0.25, -0.2) is 4.39 Å². The average Bonchev–Trinajstić information content (AvgIpc) is 3.62. The minimum atomic E-state index is -0.282. The van der Waals surface area contributed by atoms with Crippen molar-refractivity contribution in [2.45, 2.75) is 82.0 Å². The Morgan fingerprint density at radius 1 is 0.914 bits per heavy atom. The summed E-state index contributed by atoms with van der Waals surface area (Å²) in [6.45, 7) is 0.953. The highest BCUT2D eigenvalue weighted by atomic mass is 19.1. The van der Waals surface area contributed by atoms with Gasteiger partial charge in [0.05, 0.1) is 12.5 Å². The number of nitrogens with one attached hydrogen (secondary N) is 2. The van der Waals surface area contributed by atoms with E-state index in [4.69, 9.17) is 0 Å². The van der Waals surface area contributed by atoms with Crippen LogP contribution in [0.5, 0.6) is 0 Å². The molecule has 2 bridgehead atoms. The molecule has 2 heterocycles. The highest BCUT2D eigenvalue weighted by molar-refractivity contribution is 5.79. The first-order valence-corrected chi connectivity index (χ1v) is 13.2. The Morgan fingerprint density at radius 3 is 2.26 bits per heavy atom. The number of fused-ring (bicyclic) bond motifs is 2. The lowest BCUT2D eigenvalue weighted by Crippen LogP contribution is -2.51. The van der Waals surface area contributed by atoms with Crippen LogP contribution in [0, 0.1) is 11.7 Å². The third-order valence-electron chi connectivity index (χ3n) is 7.91. The Balaban J connectivity index is 1.14. The minimum Gasteiger partial charge on any atom is -0.353 e. The highest BCUT2D eigenvalue weighted by Crippen LogP contribution is 2.37. The van der Waals surface area contributed by atoms with Crippen molar-refractivity contribution in [2.75, 3.05) is 6.54 Å². The van der Waals surface area contributed by atoms with Crippen molar-refractivity contribution < 1.29 is 14.0 Å². The molecule has 2 N–H and O–H groups in total. The van der Waals surface area contributed by atoms with E-state index >= 15 is 0 Å². The monoisotopic (exact) mass is 477 g/mol. The van der Waals surface area contributed by atoms with Crippen LogP contribution in [0.15, 0.2) is 54.6 Å². The van der Waals surface area contributed by atoms with Gasteiger partial charge < -0.3 is 10.6 Å². The molecule has 5 rings (SSSR count). The second kappa shape index (κ2) is 10.9. The van der Waals surface area contributed by atoms with Gasteiger partial charge in [-0.05, 0) is 74.1 Å². The molecule has 0 spiro atoms. The molecule has 2 amide bonds. The van der Waals surface area contributed by atoms with Gasteiger partial charge in [-0.1, -0.05) is 42.5 Å².